The fraction of sp³-hybridized carbons (Fsp3) is 0.636. The van der Waals surface area contributed by atoms with E-state index in [1.807, 2.05) is 6.07 Å². The minimum Gasteiger partial charge on any atom is -0.472 e. The number of piperidine rings is 1. The van der Waals surface area contributed by atoms with E-state index in [1.54, 1.807) is 12.5 Å². The molecule has 0 bridgehead atoms. The standard InChI is InChI=1S/C11H18N2O/c1-9-4-11(7-12-5-9)13-6-10-2-3-14-8-10/h2-3,8-9,11-13H,4-7H2,1H3. The Hall–Kier alpha value is -0.800. The van der Waals surface area contributed by atoms with Crippen LogP contribution in [0.25, 0.3) is 0 Å². The van der Waals surface area contributed by atoms with Crippen LogP contribution < -0.4 is 10.6 Å². The Kier molecular flexibility index (Phi) is 3.22. The number of rotatable bonds is 3. The van der Waals surface area contributed by atoms with Gasteiger partial charge in [0.25, 0.3) is 0 Å². The van der Waals surface area contributed by atoms with E-state index in [9.17, 15) is 0 Å². The molecule has 2 N–H and O–H groups in total. The Labute approximate surface area is 84.9 Å². The van der Waals surface area contributed by atoms with E-state index in [-0.39, 0.29) is 0 Å². The Morgan fingerprint density at radius 2 is 2.50 bits per heavy atom. The van der Waals surface area contributed by atoms with Crippen LogP contribution in [0.2, 0.25) is 0 Å². The first-order valence-corrected chi connectivity index (χ1v) is 5.30. The summed E-state index contributed by atoms with van der Waals surface area (Å²) in [6.45, 7) is 5.44. The van der Waals surface area contributed by atoms with Crippen LogP contribution in [0.5, 0.6) is 0 Å². The van der Waals surface area contributed by atoms with Crippen molar-refractivity contribution in [3.8, 4) is 0 Å². The van der Waals surface area contributed by atoms with Crippen molar-refractivity contribution < 1.29 is 4.42 Å². The average Bonchev–Trinajstić information content (AvgIpc) is 2.67. The third-order valence-corrected chi connectivity index (χ3v) is 2.75. The van der Waals surface area contributed by atoms with Crippen molar-refractivity contribution in [2.75, 3.05) is 13.1 Å². The molecule has 14 heavy (non-hydrogen) atoms. The maximum absolute atomic E-state index is 5.02. The van der Waals surface area contributed by atoms with E-state index < -0.39 is 0 Å². The largest absolute Gasteiger partial charge is 0.472 e. The SMILES string of the molecule is CC1CNCC(NCc2ccoc2)C1. The number of hydrogen-bond acceptors (Lipinski definition) is 3. The maximum atomic E-state index is 5.02. The quantitative estimate of drug-likeness (QED) is 0.763. The molecule has 0 spiro atoms. The highest BCUT2D eigenvalue weighted by Gasteiger charge is 2.17. The summed E-state index contributed by atoms with van der Waals surface area (Å²) in [5, 5.41) is 6.96. The molecule has 0 radical (unpaired) electrons. The molecule has 1 aromatic rings. The molecule has 1 aliphatic heterocycles. The number of nitrogens with one attached hydrogen (secondary N) is 2. The van der Waals surface area contributed by atoms with Gasteiger partial charge in [0, 0.05) is 24.7 Å². The van der Waals surface area contributed by atoms with Gasteiger partial charge in [-0.1, -0.05) is 6.92 Å². The lowest BCUT2D eigenvalue weighted by Gasteiger charge is -2.28. The van der Waals surface area contributed by atoms with Crippen LogP contribution in [0.3, 0.4) is 0 Å². The molecule has 3 nitrogen and oxygen atoms in total. The predicted octanol–water partition coefficient (Wildman–Crippen LogP) is 1.37. The van der Waals surface area contributed by atoms with Crippen LogP contribution in [0, 0.1) is 5.92 Å². The second-order valence-corrected chi connectivity index (χ2v) is 4.21. The smallest absolute Gasteiger partial charge is 0.0947 e. The summed E-state index contributed by atoms with van der Waals surface area (Å²) in [4.78, 5) is 0. The Balaban J connectivity index is 1.75. The van der Waals surface area contributed by atoms with Crippen LogP contribution in [-0.4, -0.2) is 19.1 Å². The van der Waals surface area contributed by atoms with E-state index in [4.69, 9.17) is 4.42 Å². The first kappa shape index (κ1) is 9.74. The van der Waals surface area contributed by atoms with Crippen molar-refractivity contribution in [3.63, 3.8) is 0 Å². The molecule has 2 atom stereocenters. The summed E-state index contributed by atoms with van der Waals surface area (Å²) >= 11 is 0. The molecule has 0 aromatic carbocycles. The van der Waals surface area contributed by atoms with Crippen LogP contribution in [-0.2, 0) is 6.54 Å². The topological polar surface area (TPSA) is 37.2 Å². The Morgan fingerprint density at radius 3 is 3.21 bits per heavy atom. The van der Waals surface area contributed by atoms with Crippen LogP contribution in [0.4, 0.5) is 0 Å². The zero-order valence-corrected chi connectivity index (χ0v) is 8.62. The van der Waals surface area contributed by atoms with Gasteiger partial charge in [-0.15, -0.1) is 0 Å². The van der Waals surface area contributed by atoms with Crippen LogP contribution in [0.1, 0.15) is 18.9 Å². The van der Waals surface area contributed by atoms with E-state index in [1.165, 1.54) is 12.0 Å². The minimum absolute atomic E-state index is 0.605. The van der Waals surface area contributed by atoms with Gasteiger partial charge in [-0.3, -0.25) is 0 Å². The first-order valence-electron chi connectivity index (χ1n) is 5.30. The third-order valence-electron chi connectivity index (χ3n) is 2.75. The molecular weight excluding hydrogens is 176 g/mol. The average molecular weight is 194 g/mol. The van der Waals surface area contributed by atoms with E-state index in [0.29, 0.717) is 6.04 Å². The second kappa shape index (κ2) is 4.62. The molecule has 1 aromatic heterocycles. The Morgan fingerprint density at radius 1 is 1.57 bits per heavy atom. The second-order valence-electron chi connectivity index (χ2n) is 4.21. The van der Waals surface area contributed by atoms with Crippen molar-refractivity contribution in [1.82, 2.24) is 10.6 Å². The summed E-state index contributed by atoms with van der Waals surface area (Å²) in [5.41, 5.74) is 1.23. The lowest BCUT2D eigenvalue weighted by molar-refractivity contribution is 0.318. The van der Waals surface area contributed by atoms with E-state index >= 15 is 0 Å². The monoisotopic (exact) mass is 194 g/mol. The van der Waals surface area contributed by atoms with Gasteiger partial charge in [0.05, 0.1) is 12.5 Å². The Bertz CT molecular complexity index is 258. The van der Waals surface area contributed by atoms with Crippen molar-refractivity contribution in [2.24, 2.45) is 5.92 Å². The molecule has 0 aliphatic carbocycles. The lowest BCUT2D eigenvalue weighted by Crippen LogP contribution is -2.45. The predicted molar refractivity (Wildman–Crippen MR) is 56.0 cm³/mol. The molecule has 2 rings (SSSR count). The molecule has 3 heteroatoms. The van der Waals surface area contributed by atoms with Gasteiger partial charge in [-0.2, -0.15) is 0 Å². The highest BCUT2D eigenvalue weighted by molar-refractivity contribution is 5.04. The third kappa shape index (κ3) is 2.59. The summed E-state index contributed by atoms with van der Waals surface area (Å²) < 4.78 is 5.02. The van der Waals surface area contributed by atoms with Crippen molar-refractivity contribution in [2.45, 2.75) is 25.9 Å². The minimum atomic E-state index is 0.605. The molecule has 1 fully saturated rings. The summed E-state index contributed by atoms with van der Waals surface area (Å²) in [7, 11) is 0. The van der Waals surface area contributed by atoms with Crippen molar-refractivity contribution in [1.29, 1.82) is 0 Å². The molecule has 2 heterocycles. The fourth-order valence-corrected chi connectivity index (χ4v) is 1.97. The molecule has 78 valence electrons. The zero-order valence-electron chi connectivity index (χ0n) is 8.62. The van der Waals surface area contributed by atoms with E-state index in [0.717, 1.165) is 25.6 Å². The highest BCUT2D eigenvalue weighted by Crippen LogP contribution is 2.10. The summed E-state index contributed by atoms with van der Waals surface area (Å²) in [6, 6.07) is 2.61. The normalized spacial score (nSPS) is 27.8. The van der Waals surface area contributed by atoms with Gasteiger partial charge in [-0.25, -0.2) is 0 Å². The molecule has 0 saturated carbocycles. The van der Waals surface area contributed by atoms with Gasteiger partial charge in [0.1, 0.15) is 0 Å². The molecule has 2 unspecified atom stereocenters. The number of hydrogen-bond donors (Lipinski definition) is 2. The fourth-order valence-electron chi connectivity index (χ4n) is 1.97. The summed E-state index contributed by atoms with van der Waals surface area (Å²) in [6.07, 6.45) is 4.79. The zero-order chi connectivity index (χ0) is 9.80. The summed E-state index contributed by atoms with van der Waals surface area (Å²) in [5.74, 6) is 0.783. The molecule has 1 saturated heterocycles. The molecular formula is C11H18N2O. The van der Waals surface area contributed by atoms with Gasteiger partial charge < -0.3 is 15.1 Å². The van der Waals surface area contributed by atoms with Crippen LogP contribution >= 0.6 is 0 Å². The van der Waals surface area contributed by atoms with E-state index in [2.05, 4.69) is 17.6 Å². The lowest BCUT2D eigenvalue weighted by atomic mass is 9.98. The van der Waals surface area contributed by atoms with Gasteiger partial charge in [0.2, 0.25) is 0 Å². The molecule has 0 amide bonds. The molecule has 1 aliphatic rings. The van der Waals surface area contributed by atoms with Gasteiger partial charge in [0.15, 0.2) is 0 Å². The first-order chi connectivity index (χ1) is 6.84. The van der Waals surface area contributed by atoms with Crippen molar-refractivity contribution in [3.05, 3.63) is 24.2 Å². The number of furan rings is 1. The highest BCUT2D eigenvalue weighted by atomic mass is 16.3. The van der Waals surface area contributed by atoms with Crippen molar-refractivity contribution >= 4 is 0 Å². The van der Waals surface area contributed by atoms with Gasteiger partial charge >= 0.3 is 0 Å². The maximum Gasteiger partial charge on any atom is 0.0947 e. The van der Waals surface area contributed by atoms with Gasteiger partial charge in [-0.05, 0) is 24.9 Å². The van der Waals surface area contributed by atoms with Crippen LogP contribution in [0.15, 0.2) is 23.0 Å².